The van der Waals surface area contributed by atoms with Crippen molar-refractivity contribution in [3.63, 3.8) is 0 Å². The summed E-state index contributed by atoms with van der Waals surface area (Å²) in [5.74, 6) is 0.854. The summed E-state index contributed by atoms with van der Waals surface area (Å²) in [4.78, 5) is 18.4. The van der Waals surface area contributed by atoms with Crippen molar-refractivity contribution in [1.29, 1.82) is 0 Å². The fourth-order valence-electron chi connectivity index (χ4n) is 2.95. The van der Waals surface area contributed by atoms with Crippen LogP contribution in [-0.2, 0) is 0 Å². The maximum Gasteiger partial charge on any atom is 0.256 e. The molecular formula is C23H17BrN2O2S. The van der Waals surface area contributed by atoms with E-state index >= 15 is 0 Å². The van der Waals surface area contributed by atoms with Crippen LogP contribution in [0, 0.1) is 0 Å². The Bertz CT molecular complexity index is 1160. The van der Waals surface area contributed by atoms with Crippen LogP contribution >= 0.6 is 27.7 Å². The molecule has 29 heavy (non-hydrogen) atoms. The number of nitrogens with one attached hydrogen (secondary N) is 1. The molecule has 0 bridgehead atoms. The van der Waals surface area contributed by atoms with Crippen LogP contribution in [0.15, 0.2) is 92.8 Å². The minimum Gasteiger partial charge on any atom is -0.436 e. The van der Waals surface area contributed by atoms with E-state index in [1.807, 2.05) is 73.0 Å². The van der Waals surface area contributed by atoms with E-state index in [2.05, 4.69) is 26.2 Å². The van der Waals surface area contributed by atoms with Gasteiger partial charge in [0.15, 0.2) is 5.76 Å². The first-order chi connectivity index (χ1) is 14.2. The van der Waals surface area contributed by atoms with E-state index in [0.29, 0.717) is 22.8 Å². The first kappa shape index (κ1) is 19.5. The van der Waals surface area contributed by atoms with Crippen molar-refractivity contribution in [3.8, 4) is 22.8 Å². The normalized spacial score (nSPS) is 10.7. The number of anilines is 1. The minimum absolute atomic E-state index is 0.203. The van der Waals surface area contributed by atoms with Gasteiger partial charge in [0.25, 0.3) is 5.91 Å². The van der Waals surface area contributed by atoms with Gasteiger partial charge in [-0.15, -0.1) is 11.8 Å². The number of halogens is 1. The second-order valence-electron chi connectivity index (χ2n) is 6.24. The molecule has 0 aliphatic carbocycles. The number of oxazole rings is 1. The Morgan fingerprint density at radius 1 is 1.00 bits per heavy atom. The second kappa shape index (κ2) is 8.68. The zero-order chi connectivity index (χ0) is 20.2. The number of rotatable bonds is 5. The van der Waals surface area contributed by atoms with Gasteiger partial charge in [0.2, 0.25) is 5.89 Å². The molecule has 3 aromatic carbocycles. The third-order valence-corrected chi connectivity index (χ3v) is 5.72. The number of carbonyl (C=O) groups excluding carboxylic acids is 1. The monoisotopic (exact) mass is 464 g/mol. The van der Waals surface area contributed by atoms with E-state index in [4.69, 9.17) is 4.42 Å². The summed E-state index contributed by atoms with van der Waals surface area (Å²) < 4.78 is 6.97. The van der Waals surface area contributed by atoms with Crippen LogP contribution in [0.25, 0.3) is 22.8 Å². The Morgan fingerprint density at radius 2 is 1.72 bits per heavy atom. The van der Waals surface area contributed by atoms with Crippen LogP contribution in [0.5, 0.6) is 0 Å². The van der Waals surface area contributed by atoms with Crippen LogP contribution < -0.4 is 5.32 Å². The smallest absolute Gasteiger partial charge is 0.256 e. The molecule has 6 heteroatoms. The van der Waals surface area contributed by atoms with Gasteiger partial charge < -0.3 is 9.73 Å². The highest BCUT2D eigenvalue weighted by atomic mass is 79.9. The molecule has 1 aromatic heterocycles. The maximum atomic E-state index is 13.0. The number of carbonyl (C=O) groups is 1. The molecule has 0 saturated heterocycles. The highest BCUT2D eigenvalue weighted by Gasteiger charge is 2.18. The first-order valence-corrected chi connectivity index (χ1v) is 10.9. The van der Waals surface area contributed by atoms with Gasteiger partial charge >= 0.3 is 0 Å². The van der Waals surface area contributed by atoms with Gasteiger partial charge in [-0.2, -0.15) is 0 Å². The lowest BCUT2D eigenvalue weighted by atomic mass is 10.1. The highest BCUT2D eigenvalue weighted by molar-refractivity contribution is 9.10. The molecule has 0 atom stereocenters. The van der Waals surface area contributed by atoms with Gasteiger partial charge in [-0.1, -0.05) is 52.3 Å². The summed E-state index contributed by atoms with van der Waals surface area (Å²) in [5.41, 5.74) is 2.85. The molecule has 1 heterocycles. The highest BCUT2D eigenvalue weighted by Crippen LogP contribution is 2.30. The summed E-state index contributed by atoms with van der Waals surface area (Å²) in [6.45, 7) is 0. The summed E-state index contributed by atoms with van der Waals surface area (Å²) in [7, 11) is 0. The summed E-state index contributed by atoms with van der Waals surface area (Å²) in [6.07, 6.45) is 3.66. The van der Waals surface area contributed by atoms with Gasteiger partial charge in [0.1, 0.15) is 0 Å². The number of hydrogen-bond acceptors (Lipinski definition) is 4. The van der Waals surface area contributed by atoms with Crippen molar-refractivity contribution in [3.05, 3.63) is 89.0 Å². The lowest BCUT2D eigenvalue weighted by molar-refractivity contribution is 0.102. The molecule has 1 amide bonds. The molecule has 0 fully saturated rings. The minimum atomic E-state index is -0.203. The lowest BCUT2D eigenvalue weighted by Crippen LogP contribution is -2.13. The number of thioether (sulfide) groups is 1. The first-order valence-electron chi connectivity index (χ1n) is 8.91. The molecule has 0 saturated carbocycles. The Morgan fingerprint density at radius 3 is 2.52 bits per heavy atom. The van der Waals surface area contributed by atoms with E-state index in [-0.39, 0.29) is 5.91 Å². The molecule has 4 aromatic rings. The van der Waals surface area contributed by atoms with Crippen LogP contribution in [0.2, 0.25) is 0 Å². The van der Waals surface area contributed by atoms with E-state index in [0.717, 1.165) is 20.6 Å². The van der Waals surface area contributed by atoms with Crippen molar-refractivity contribution in [2.24, 2.45) is 0 Å². The van der Waals surface area contributed by atoms with Crippen molar-refractivity contribution >= 4 is 39.3 Å². The molecule has 0 aliphatic rings. The summed E-state index contributed by atoms with van der Waals surface area (Å²) in [6, 6.07) is 22.8. The lowest BCUT2D eigenvalue weighted by Gasteiger charge is -2.11. The van der Waals surface area contributed by atoms with Crippen LogP contribution in [0.1, 0.15) is 10.4 Å². The largest absolute Gasteiger partial charge is 0.436 e. The summed E-state index contributed by atoms with van der Waals surface area (Å²) in [5, 5.41) is 3.00. The maximum absolute atomic E-state index is 13.0. The number of nitrogens with zero attached hydrogens (tertiary/aromatic N) is 1. The predicted octanol–water partition coefficient (Wildman–Crippen LogP) is 6.75. The van der Waals surface area contributed by atoms with Crippen LogP contribution in [0.4, 0.5) is 5.69 Å². The molecule has 144 valence electrons. The SMILES string of the molecule is CSc1ccccc1NC(=O)c1ccccc1-c1ncc(-c2ccc(Br)cc2)o1. The Hall–Kier alpha value is -2.83. The van der Waals surface area contributed by atoms with E-state index in [1.54, 1.807) is 24.0 Å². The zero-order valence-electron chi connectivity index (χ0n) is 15.6. The zero-order valence-corrected chi connectivity index (χ0v) is 18.0. The second-order valence-corrected chi connectivity index (χ2v) is 8.00. The molecule has 1 N–H and O–H groups in total. The number of benzene rings is 3. The molecule has 0 radical (unpaired) electrons. The van der Waals surface area contributed by atoms with Gasteiger partial charge in [0, 0.05) is 20.5 Å². The third-order valence-electron chi connectivity index (χ3n) is 4.39. The average Bonchev–Trinajstić information content (AvgIpc) is 3.25. The van der Waals surface area contributed by atoms with Crippen LogP contribution in [-0.4, -0.2) is 17.1 Å². The summed E-state index contributed by atoms with van der Waals surface area (Å²) >= 11 is 5.02. The fourth-order valence-corrected chi connectivity index (χ4v) is 3.77. The van der Waals surface area contributed by atoms with Gasteiger partial charge in [0.05, 0.1) is 17.4 Å². The third kappa shape index (κ3) is 4.28. The van der Waals surface area contributed by atoms with E-state index in [1.165, 1.54) is 0 Å². The number of para-hydroxylation sites is 1. The average molecular weight is 465 g/mol. The predicted molar refractivity (Wildman–Crippen MR) is 121 cm³/mol. The molecule has 4 rings (SSSR count). The van der Waals surface area contributed by atoms with E-state index < -0.39 is 0 Å². The van der Waals surface area contributed by atoms with Crippen molar-refractivity contribution in [2.45, 2.75) is 4.90 Å². The Labute approximate surface area is 181 Å². The van der Waals surface area contributed by atoms with Crippen molar-refractivity contribution in [1.82, 2.24) is 4.98 Å². The molecular weight excluding hydrogens is 448 g/mol. The number of amides is 1. The van der Waals surface area contributed by atoms with E-state index in [9.17, 15) is 4.79 Å². The van der Waals surface area contributed by atoms with Crippen molar-refractivity contribution < 1.29 is 9.21 Å². The molecule has 0 unspecified atom stereocenters. The van der Waals surface area contributed by atoms with Gasteiger partial charge in [-0.25, -0.2) is 4.98 Å². The van der Waals surface area contributed by atoms with Gasteiger partial charge in [-0.3, -0.25) is 4.79 Å². The molecule has 0 aliphatic heterocycles. The Kier molecular flexibility index (Phi) is 5.83. The van der Waals surface area contributed by atoms with Gasteiger partial charge in [-0.05, 0) is 42.7 Å². The number of hydrogen-bond donors (Lipinski definition) is 1. The standard InChI is InChI=1S/C23H17BrN2O2S/c1-29-21-9-5-4-8-19(21)26-22(27)17-6-2-3-7-18(17)23-25-14-20(28-23)15-10-12-16(24)13-11-15/h2-14H,1H3,(H,26,27). The quantitative estimate of drug-likeness (QED) is 0.332. The topological polar surface area (TPSA) is 55.1 Å². The molecule has 4 nitrogen and oxygen atoms in total. The van der Waals surface area contributed by atoms with Crippen molar-refractivity contribution in [2.75, 3.05) is 11.6 Å². The fraction of sp³-hybridized carbons (Fsp3) is 0.0435. The number of aromatic nitrogens is 1. The van der Waals surface area contributed by atoms with Crippen LogP contribution in [0.3, 0.4) is 0 Å². The Balaban J connectivity index is 1.65. The molecule has 0 spiro atoms.